The van der Waals surface area contributed by atoms with Crippen LogP contribution in [-0.2, 0) is 0 Å². The van der Waals surface area contributed by atoms with Crippen molar-refractivity contribution in [3.05, 3.63) is 58.8 Å². The second kappa shape index (κ2) is 5.43. The molecule has 0 atom stereocenters. The van der Waals surface area contributed by atoms with Crippen LogP contribution in [0, 0.1) is 11.3 Å². The summed E-state index contributed by atoms with van der Waals surface area (Å²) in [6, 6.07) is 13.3. The molecule has 0 bridgehead atoms. The number of anilines is 3. The third-order valence-electron chi connectivity index (χ3n) is 3.23. The second-order valence-electron chi connectivity index (χ2n) is 4.56. The smallest absolute Gasteiger partial charge is 0.0992 e. The van der Waals surface area contributed by atoms with Crippen molar-refractivity contribution in [2.45, 2.75) is 0 Å². The predicted molar refractivity (Wildman–Crippen MR) is 88.3 cm³/mol. The first-order valence-corrected chi connectivity index (χ1v) is 7.07. The lowest BCUT2D eigenvalue weighted by Gasteiger charge is -2.13. The van der Waals surface area contributed by atoms with Crippen LogP contribution in [-0.4, -0.2) is 4.98 Å². The zero-order chi connectivity index (χ0) is 14.8. The van der Waals surface area contributed by atoms with E-state index < -0.39 is 0 Å². The second-order valence-corrected chi connectivity index (χ2v) is 5.41. The molecule has 0 aliphatic carbocycles. The van der Waals surface area contributed by atoms with Gasteiger partial charge in [-0.25, -0.2) is 0 Å². The van der Waals surface area contributed by atoms with Gasteiger partial charge in [0.15, 0.2) is 0 Å². The Morgan fingerprint density at radius 2 is 1.95 bits per heavy atom. The Morgan fingerprint density at radius 3 is 2.71 bits per heavy atom. The molecule has 3 N–H and O–H groups in total. The van der Waals surface area contributed by atoms with E-state index in [4.69, 9.17) is 11.0 Å². The van der Waals surface area contributed by atoms with Crippen LogP contribution in [0.15, 0.2) is 53.3 Å². The summed E-state index contributed by atoms with van der Waals surface area (Å²) in [5.74, 6) is 0. The minimum Gasteiger partial charge on any atom is -0.397 e. The number of nitrogen functional groups attached to an aromatic ring is 1. The molecule has 0 saturated heterocycles. The quantitative estimate of drug-likeness (QED) is 0.687. The van der Waals surface area contributed by atoms with E-state index in [1.54, 1.807) is 24.5 Å². The molecule has 0 unspecified atom stereocenters. The van der Waals surface area contributed by atoms with Crippen molar-refractivity contribution in [1.29, 1.82) is 5.26 Å². The van der Waals surface area contributed by atoms with E-state index in [-0.39, 0.29) is 0 Å². The Bertz CT molecular complexity index is 868. The van der Waals surface area contributed by atoms with Crippen molar-refractivity contribution in [1.82, 2.24) is 4.98 Å². The van der Waals surface area contributed by atoms with Gasteiger partial charge in [0, 0.05) is 27.6 Å². The van der Waals surface area contributed by atoms with Crippen molar-refractivity contribution in [3.63, 3.8) is 0 Å². The van der Waals surface area contributed by atoms with Gasteiger partial charge in [-0.3, -0.25) is 4.98 Å². The molecule has 0 amide bonds. The molecular formula is C16H11BrN4. The number of benzene rings is 2. The Balaban J connectivity index is 2.02. The summed E-state index contributed by atoms with van der Waals surface area (Å²) in [6.45, 7) is 0. The zero-order valence-corrected chi connectivity index (χ0v) is 12.6. The molecule has 1 heterocycles. The number of pyridine rings is 1. The SMILES string of the molecule is N#Cc1ccc(Nc2ccc3cnccc3c2N)c(Br)c1. The Hall–Kier alpha value is -2.58. The summed E-state index contributed by atoms with van der Waals surface area (Å²) in [5, 5.41) is 14.1. The summed E-state index contributed by atoms with van der Waals surface area (Å²) in [4.78, 5) is 4.09. The zero-order valence-electron chi connectivity index (χ0n) is 11.0. The lowest BCUT2D eigenvalue weighted by atomic mass is 10.1. The van der Waals surface area contributed by atoms with Crippen molar-refractivity contribution >= 4 is 43.8 Å². The third-order valence-corrected chi connectivity index (χ3v) is 3.89. The van der Waals surface area contributed by atoms with Gasteiger partial charge in [-0.2, -0.15) is 5.26 Å². The van der Waals surface area contributed by atoms with Gasteiger partial charge in [-0.05, 0) is 46.3 Å². The minimum atomic E-state index is 0.602. The molecule has 0 fully saturated rings. The first kappa shape index (κ1) is 13.4. The lowest BCUT2D eigenvalue weighted by Crippen LogP contribution is -1.98. The van der Waals surface area contributed by atoms with Crippen molar-refractivity contribution in [2.75, 3.05) is 11.1 Å². The fourth-order valence-corrected chi connectivity index (χ4v) is 2.61. The van der Waals surface area contributed by atoms with E-state index in [2.05, 4.69) is 32.3 Å². The van der Waals surface area contributed by atoms with Crippen LogP contribution in [0.2, 0.25) is 0 Å². The number of aromatic nitrogens is 1. The molecular weight excluding hydrogens is 328 g/mol. The fraction of sp³-hybridized carbons (Fsp3) is 0. The first-order valence-electron chi connectivity index (χ1n) is 6.28. The van der Waals surface area contributed by atoms with E-state index in [1.165, 1.54) is 0 Å². The summed E-state index contributed by atoms with van der Waals surface area (Å²) in [6.07, 6.45) is 3.51. The summed E-state index contributed by atoms with van der Waals surface area (Å²) < 4.78 is 0.816. The molecule has 5 heteroatoms. The van der Waals surface area contributed by atoms with E-state index >= 15 is 0 Å². The van der Waals surface area contributed by atoms with Crippen LogP contribution >= 0.6 is 15.9 Å². The third kappa shape index (κ3) is 2.54. The topological polar surface area (TPSA) is 74.7 Å². The standard InChI is InChI=1S/C16H11BrN4/c17-13-7-10(8-18)1-3-14(13)21-15-4-2-11-9-20-6-5-12(11)16(15)19/h1-7,9,21H,19H2. The summed E-state index contributed by atoms with van der Waals surface area (Å²) in [5.41, 5.74) is 9.16. The van der Waals surface area contributed by atoms with Crippen LogP contribution in [0.5, 0.6) is 0 Å². The molecule has 21 heavy (non-hydrogen) atoms. The van der Waals surface area contributed by atoms with Gasteiger partial charge in [0.05, 0.1) is 28.7 Å². The van der Waals surface area contributed by atoms with E-state index in [9.17, 15) is 0 Å². The maximum atomic E-state index is 8.89. The highest BCUT2D eigenvalue weighted by Gasteiger charge is 2.07. The maximum absolute atomic E-state index is 8.89. The molecule has 3 aromatic rings. The monoisotopic (exact) mass is 338 g/mol. The fourth-order valence-electron chi connectivity index (χ4n) is 2.13. The van der Waals surface area contributed by atoms with Crippen LogP contribution in [0.1, 0.15) is 5.56 Å². The van der Waals surface area contributed by atoms with Gasteiger partial charge in [0.1, 0.15) is 0 Å². The Morgan fingerprint density at radius 1 is 1.14 bits per heavy atom. The highest BCUT2D eigenvalue weighted by Crippen LogP contribution is 2.33. The van der Waals surface area contributed by atoms with Crippen molar-refractivity contribution in [2.24, 2.45) is 0 Å². The number of nitrogens with one attached hydrogen (secondary N) is 1. The normalized spacial score (nSPS) is 10.3. The van der Waals surface area contributed by atoms with Gasteiger partial charge in [0.25, 0.3) is 0 Å². The van der Waals surface area contributed by atoms with E-state index in [0.29, 0.717) is 11.3 Å². The average Bonchev–Trinajstić information content (AvgIpc) is 2.52. The molecule has 0 saturated carbocycles. The van der Waals surface area contributed by atoms with E-state index in [1.807, 2.05) is 24.3 Å². The average molecular weight is 339 g/mol. The van der Waals surface area contributed by atoms with Crippen LogP contribution in [0.3, 0.4) is 0 Å². The number of nitriles is 1. The number of hydrogen-bond acceptors (Lipinski definition) is 4. The molecule has 4 nitrogen and oxygen atoms in total. The first-order chi connectivity index (χ1) is 10.2. The van der Waals surface area contributed by atoms with Crippen LogP contribution < -0.4 is 11.1 Å². The van der Waals surface area contributed by atoms with Gasteiger partial charge >= 0.3 is 0 Å². The summed E-state index contributed by atoms with van der Waals surface area (Å²) in [7, 11) is 0. The highest BCUT2D eigenvalue weighted by atomic mass is 79.9. The van der Waals surface area contributed by atoms with Crippen molar-refractivity contribution < 1.29 is 0 Å². The number of halogens is 1. The summed E-state index contributed by atoms with van der Waals surface area (Å²) >= 11 is 3.46. The predicted octanol–water partition coefficient (Wildman–Crippen LogP) is 4.19. The molecule has 0 radical (unpaired) electrons. The van der Waals surface area contributed by atoms with Gasteiger partial charge in [-0.1, -0.05) is 6.07 Å². The number of nitrogens with two attached hydrogens (primary N) is 1. The Kier molecular flexibility index (Phi) is 3.46. The maximum Gasteiger partial charge on any atom is 0.0992 e. The highest BCUT2D eigenvalue weighted by molar-refractivity contribution is 9.10. The molecule has 0 aliphatic heterocycles. The minimum absolute atomic E-state index is 0.602. The molecule has 2 aromatic carbocycles. The number of hydrogen-bond donors (Lipinski definition) is 2. The largest absolute Gasteiger partial charge is 0.397 e. The van der Waals surface area contributed by atoms with Crippen LogP contribution in [0.25, 0.3) is 10.8 Å². The van der Waals surface area contributed by atoms with Gasteiger partial charge in [0.2, 0.25) is 0 Å². The number of rotatable bonds is 2. The molecule has 3 rings (SSSR count). The van der Waals surface area contributed by atoms with Gasteiger partial charge < -0.3 is 11.1 Å². The molecule has 0 spiro atoms. The molecule has 102 valence electrons. The lowest BCUT2D eigenvalue weighted by molar-refractivity contribution is 1.36. The van der Waals surface area contributed by atoms with Crippen molar-refractivity contribution in [3.8, 4) is 6.07 Å². The number of fused-ring (bicyclic) bond motifs is 1. The molecule has 1 aromatic heterocycles. The van der Waals surface area contributed by atoms with Gasteiger partial charge in [-0.15, -0.1) is 0 Å². The molecule has 0 aliphatic rings. The van der Waals surface area contributed by atoms with E-state index in [0.717, 1.165) is 26.6 Å². The Labute approximate surface area is 130 Å². The van der Waals surface area contributed by atoms with Crippen LogP contribution in [0.4, 0.5) is 17.1 Å². The number of nitrogens with zero attached hydrogens (tertiary/aromatic N) is 2.